The van der Waals surface area contributed by atoms with E-state index < -0.39 is 20.0 Å². The number of nitroso groups, excluding NO2 is 1. The molecule has 14 heteroatoms. The Balaban J connectivity index is 0.00000242. The summed E-state index contributed by atoms with van der Waals surface area (Å²) in [6.45, 7) is 1.71. The topological polar surface area (TPSA) is 136 Å². The van der Waals surface area contributed by atoms with Gasteiger partial charge in [0.2, 0.25) is 20.0 Å². The zero-order valence-corrected chi connectivity index (χ0v) is 30.1. The quantitative estimate of drug-likeness (QED) is 0.162. The van der Waals surface area contributed by atoms with Crippen molar-refractivity contribution in [2.75, 3.05) is 31.7 Å². The number of nitrogens with one attached hydrogen (secondary N) is 1. The number of nitrogens with zero attached hydrogens (tertiary/aromatic N) is 3. The summed E-state index contributed by atoms with van der Waals surface area (Å²) in [6, 6.07) is 8.84. The van der Waals surface area contributed by atoms with Gasteiger partial charge in [-0.15, -0.1) is 4.91 Å². The normalized spacial score (nSPS) is 18.1. The summed E-state index contributed by atoms with van der Waals surface area (Å²) >= 11 is 0. The molecule has 0 amide bonds. The Kier molecular flexibility index (Phi) is 13.3. The Labute approximate surface area is 292 Å². The predicted octanol–water partition coefficient (Wildman–Crippen LogP) is 5.34. The Bertz CT molecular complexity index is 1510. The number of rotatable bonds is 6. The first-order valence-corrected chi connectivity index (χ1v) is 16.9. The molecular weight excluding hydrogens is 598 g/mol. The zero-order chi connectivity index (χ0) is 28.3. The maximum Gasteiger partial charge on any atom is 0.243 e. The number of hydrogen-bond donors (Lipinski definition) is 2. The summed E-state index contributed by atoms with van der Waals surface area (Å²) in [5, 5.41) is 14.5. The average molecular weight is 635 g/mol. The minimum atomic E-state index is -3.84. The molecule has 0 atom stereocenters. The van der Waals surface area contributed by atoms with Crippen molar-refractivity contribution in [3.8, 4) is 0 Å². The van der Waals surface area contributed by atoms with Crippen molar-refractivity contribution in [3.63, 3.8) is 0 Å². The van der Waals surface area contributed by atoms with Gasteiger partial charge in [-0.2, -0.15) is 8.61 Å². The van der Waals surface area contributed by atoms with E-state index in [-0.39, 0.29) is 91.1 Å². The van der Waals surface area contributed by atoms with E-state index in [9.17, 15) is 26.9 Å². The fraction of sp³-hybridized carbons (Fsp3) is 0.500. The van der Waals surface area contributed by atoms with Gasteiger partial charge in [-0.1, -0.05) is 50.7 Å². The van der Waals surface area contributed by atoms with Crippen LogP contribution in [0.4, 0.5) is 11.4 Å². The molecule has 2 heterocycles. The Morgan fingerprint density at radius 1 is 0.595 bits per heavy atom. The molecule has 0 aromatic heterocycles. The first-order chi connectivity index (χ1) is 19.3. The summed E-state index contributed by atoms with van der Waals surface area (Å²) in [5.74, 6) is 0. The third-order valence-electron chi connectivity index (χ3n) is 8.14. The molecule has 42 heavy (non-hydrogen) atoms. The second kappa shape index (κ2) is 15.6. The van der Waals surface area contributed by atoms with Gasteiger partial charge in [0.25, 0.3) is 0 Å². The van der Waals surface area contributed by atoms with Crippen molar-refractivity contribution in [1.29, 1.82) is 0 Å². The molecule has 2 aliphatic rings. The van der Waals surface area contributed by atoms with Gasteiger partial charge in [-0.25, -0.2) is 16.8 Å². The molecular formula is C28H36N4Na2O6S2. The van der Waals surface area contributed by atoms with Gasteiger partial charge in [0.15, 0.2) is 0 Å². The summed E-state index contributed by atoms with van der Waals surface area (Å²) in [6.07, 6.45) is 9.22. The summed E-state index contributed by atoms with van der Waals surface area (Å²) in [7, 11) is -7.68. The Morgan fingerprint density at radius 2 is 0.952 bits per heavy atom. The zero-order valence-electron chi connectivity index (χ0n) is 24.5. The molecule has 0 bridgehead atoms. The molecule has 2 radical (unpaired) electrons. The maximum absolute atomic E-state index is 13.6. The summed E-state index contributed by atoms with van der Waals surface area (Å²) in [5.41, 5.74) is 2.34. The smallest absolute Gasteiger partial charge is 0.243 e. The molecule has 2 fully saturated rings. The summed E-state index contributed by atoms with van der Waals surface area (Å²) in [4.78, 5) is 12.3. The third-order valence-corrected chi connectivity index (χ3v) is 11.9. The fourth-order valence-electron chi connectivity index (χ4n) is 5.92. The molecule has 0 spiro atoms. The molecule has 5 rings (SSSR count). The van der Waals surface area contributed by atoms with Crippen molar-refractivity contribution < 1.29 is 22.0 Å². The maximum atomic E-state index is 13.6. The number of fused-ring (bicyclic) bond motifs is 2. The molecule has 0 saturated carbocycles. The SMILES string of the molecule is O=Nc1c2cc(S(=O)(=O)N3CCCCCCC3)ccc2c(NO)c2ccc(S(=O)(=O)N3CCCCCCC3)cc12.[Na].[Na]. The molecule has 10 nitrogen and oxygen atoms in total. The van der Waals surface area contributed by atoms with E-state index in [1.165, 1.54) is 32.9 Å². The van der Waals surface area contributed by atoms with Crippen LogP contribution in [0, 0.1) is 4.91 Å². The third kappa shape index (κ3) is 7.25. The number of hydrogen-bond acceptors (Lipinski definition) is 8. The van der Waals surface area contributed by atoms with Crippen LogP contribution in [-0.2, 0) is 20.0 Å². The number of sulfonamides is 2. The van der Waals surface area contributed by atoms with Crippen molar-refractivity contribution in [2.24, 2.45) is 5.18 Å². The van der Waals surface area contributed by atoms with Gasteiger partial charge in [-0.05, 0) is 55.1 Å². The molecule has 2 aliphatic heterocycles. The van der Waals surface area contributed by atoms with E-state index in [0.717, 1.165) is 64.2 Å². The minimum absolute atomic E-state index is 0. The van der Waals surface area contributed by atoms with Gasteiger partial charge < -0.3 is 0 Å². The first-order valence-electron chi connectivity index (χ1n) is 14.1. The van der Waals surface area contributed by atoms with Crippen LogP contribution in [0.25, 0.3) is 21.5 Å². The van der Waals surface area contributed by atoms with Gasteiger partial charge in [-0.3, -0.25) is 10.7 Å². The predicted molar refractivity (Wildman–Crippen MR) is 168 cm³/mol. The molecule has 2 saturated heterocycles. The van der Waals surface area contributed by atoms with E-state index >= 15 is 0 Å². The van der Waals surface area contributed by atoms with Crippen LogP contribution < -0.4 is 5.48 Å². The molecule has 3 aromatic carbocycles. The summed E-state index contributed by atoms with van der Waals surface area (Å²) < 4.78 is 57.4. The van der Waals surface area contributed by atoms with E-state index in [0.29, 0.717) is 37.0 Å². The van der Waals surface area contributed by atoms with Crippen LogP contribution in [0.5, 0.6) is 0 Å². The number of anilines is 1. The largest absolute Gasteiger partial charge is 0.291 e. The first kappa shape index (κ1) is 35.8. The van der Waals surface area contributed by atoms with Crippen LogP contribution in [0.2, 0.25) is 0 Å². The molecule has 3 aromatic rings. The van der Waals surface area contributed by atoms with Gasteiger partial charge >= 0.3 is 0 Å². The van der Waals surface area contributed by atoms with Crippen LogP contribution in [0.1, 0.15) is 64.2 Å². The van der Waals surface area contributed by atoms with Gasteiger partial charge in [0.1, 0.15) is 5.69 Å². The van der Waals surface area contributed by atoms with Crippen molar-refractivity contribution in [1.82, 2.24) is 8.61 Å². The van der Waals surface area contributed by atoms with Crippen molar-refractivity contribution >= 4 is 112 Å². The average Bonchev–Trinajstić information content (AvgIpc) is 2.90. The standard InChI is InChI=1S/C28H36N4O6S2.2Na/c33-29-27-23-13-11-21(39(35,36)31-15-7-3-1-4-8-16-31)19-25(23)28(30-34)26-20-22(12-14-24(26)27)40(37,38)32-17-9-5-2-6-10-18-32;;/h11-14,19-20,29,33H,1-10,15-18H2;;. The van der Waals surface area contributed by atoms with Crippen LogP contribution >= 0.6 is 0 Å². The van der Waals surface area contributed by atoms with Crippen molar-refractivity contribution in [2.45, 2.75) is 74.0 Å². The molecule has 2 N–H and O–H groups in total. The minimum Gasteiger partial charge on any atom is -0.291 e. The van der Waals surface area contributed by atoms with E-state index in [1.807, 2.05) is 0 Å². The second-order valence-corrected chi connectivity index (χ2v) is 14.6. The Morgan fingerprint density at radius 3 is 1.29 bits per heavy atom. The van der Waals surface area contributed by atoms with E-state index in [2.05, 4.69) is 10.7 Å². The fourth-order valence-corrected chi connectivity index (χ4v) is 9.01. The van der Waals surface area contributed by atoms with Crippen LogP contribution in [-0.4, -0.2) is 116 Å². The monoisotopic (exact) mass is 634 g/mol. The van der Waals surface area contributed by atoms with Crippen LogP contribution in [0.3, 0.4) is 0 Å². The van der Waals surface area contributed by atoms with Gasteiger partial charge in [0, 0.05) is 107 Å². The van der Waals surface area contributed by atoms with Crippen LogP contribution in [0.15, 0.2) is 51.4 Å². The second-order valence-electron chi connectivity index (χ2n) is 10.7. The number of benzene rings is 3. The molecule has 218 valence electrons. The van der Waals surface area contributed by atoms with E-state index in [1.54, 1.807) is 12.1 Å². The molecule has 0 unspecified atom stereocenters. The Hall–Kier alpha value is -0.640. The molecule has 0 aliphatic carbocycles. The van der Waals surface area contributed by atoms with Crippen molar-refractivity contribution in [3.05, 3.63) is 41.3 Å². The van der Waals surface area contributed by atoms with Gasteiger partial charge in [0.05, 0.1) is 15.5 Å². The van der Waals surface area contributed by atoms with E-state index in [4.69, 9.17) is 0 Å².